The summed E-state index contributed by atoms with van der Waals surface area (Å²) in [4.78, 5) is 6.72. The standard InChI is InChI=1S/C22H25N9/c23-20-8-16(21-22(26-20)28-29-27-21)6-15-9-24-31(11-15)10-14-2-1-3-19(7-14)30-12-17-4-5-18(13-30)25-17/h1-3,7-9,11,17-18,25H,4-6,10,12-13H2,(H3,23,26,27,28,29). The number of hydrogen-bond donors (Lipinski definition) is 3. The first kappa shape index (κ1) is 18.3. The lowest BCUT2D eigenvalue weighted by Crippen LogP contribution is -2.51. The largest absolute Gasteiger partial charge is 0.384 e. The van der Waals surface area contributed by atoms with E-state index in [9.17, 15) is 0 Å². The highest BCUT2D eigenvalue weighted by Gasteiger charge is 2.32. The Hall–Kier alpha value is -3.46. The number of anilines is 2. The van der Waals surface area contributed by atoms with E-state index in [0.717, 1.165) is 36.3 Å². The van der Waals surface area contributed by atoms with E-state index in [1.54, 1.807) is 0 Å². The van der Waals surface area contributed by atoms with Crippen LogP contribution in [0.3, 0.4) is 0 Å². The first-order valence-corrected chi connectivity index (χ1v) is 10.8. The van der Waals surface area contributed by atoms with E-state index in [4.69, 9.17) is 5.73 Å². The molecule has 2 bridgehead atoms. The lowest BCUT2D eigenvalue weighted by Gasteiger charge is -2.34. The average molecular weight is 416 g/mol. The number of aromatic amines is 1. The van der Waals surface area contributed by atoms with Gasteiger partial charge in [0.15, 0.2) is 0 Å². The van der Waals surface area contributed by atoms with E-state index in [0.29, 0.717) is 30.0 Å². The van der Waals surface area contributed by atoms with Gasteiger partial charge in [-0.3, -0.25) is 4.68 Å². The molecule has 0 saturated carbocycles. The van der Waals surface area contributed by atoms with Crippen LogP contribution in [0.5, 0.6) is 0 Å². The molecule has 2 aliphatic heterocycles. The van der Waals surface area contributed by atoms with E-state index in [-0.39, 0.29) is 0 Å². The van der Waals surface area contributed by atoms with Crippen LogP contribution < -0.4 is 16.0 Å². The van der Waals surface area contributed by atoms with Gasteiger partial charge in [0.1, 0.15) is 11.3 Å². The number of nitrogens with zero attached hydrogens (tertiary/aromatic N) is 6. The quantitative estimate of drug-likeness (QED) is 0.455. The summed E-state index contributed by atoms with van der Waals surface area (Å²) in [6.45, 7) is 2.93. The fourth-order valence-electron chi connectivity index (χ4n) is 4.91. The smallest absolute Gasteiger partial charge is 0.203 e. The molecule has 2 aliphatic rings. The van der Waals surface area contributed by atoms with Crippen molar-refractivity contribution in [3.63, 3.8) is 0 Å². The number of aromatic nitrogens is 6. The average Bonchev–Trinajstić information content (AvgIpc) is 3.49. The third kappa shape index (κ3) is 3.61. The summed E-state index contributed by atoms with van der Waals surface area (Å²) in [5.74, 6) is 0.446. The maximum absolute atomic E-state index is 5.92. The monoisotopic (exact) mass is 415 g/mol. The third-order valence-corrected chi connectivity index (χ3v) is 6.31. The molecule has 0 aliphatic carbocycles. The van der Waals surface area contributed by atoms with Gasteiger partial charge in [0, 0.05) is 43.5 Å². The molecule has 0 amide bonds. The Morgan fingerprint density at radius 2 is 1.94 bits per heavy atom. The van der Waals surface area contributed by atoms with Crippen molar-refractivity contribution in [2.24, 2.45) is 0 Å². The molecule has 2 saturated heterocycles. The molecule has 9 nitrogen and oxygen atoms in total. The second kappa shape index (κ2) is 7.35. The molecule has 4 N–H and O–H groups in total. The molecule has 3 aromatic heterocycles. The number of benzene rings is 1. The number of hydrogen-bond acceptors (Lipinski definition) is 7. The topological polar surface area (TPSA) is 114 Å². The summed E-state index contributed by atoms with van der Waals surface area (Å²) in [6.07, 6.45) is 7.25. The molecule has 158 valence electrons. The van der Waals surface area contributed by atoms with Crippen molar-refractivity contribution in [3.05, 3.63) is 59.4 Å². The zero-order valence-electron chi connectivity index (χ0n) is 17.2. The molecular formula is C22H25N9. The summed E-state index contributed by atoms with van der Waals surface area (Å²) in [5.41, 5.74) is 11.9. The minimum Gasteiger partial charge on any atom is -0.384 e. The van der Waals surface area contributed by atoms with Crippen molar-refractivity contribution in [2.45, 2.75) is 37.9 Å². The Morgan fingerprint density at radius 1 is 1.06 bits per heavy atom. The molecule has 0 radical (unpaired) electrons. The molecule has 6 rings (SSSR count). The van der Waals surface area contributed by atoms with Gasteiger partial charge in [0.05, 0.1) is 12.7 Å². The Balaban J connectivity index is 1.18. The predicted octanol–water partition coefficient (Wildman–Crippen LogP) is 1.71. The summed E-state index contributed by atoms with van der Waals surface area (Å²) in [6, 6.07) is 12.0. The van der Waals surface area contributed by atoms with Crippen molar-refractivity contribution >= 4 is 22.7 Å². The van der Waals surface area contributed by atoms with Gasteiger partial charge in [0.2, 0.25) is 5.65 Å². The van der Waals surface area contributed by atoms with Gasteiger partial charge in [-0.25, -0.2) is 4.98 Å². The minimum absolute atomic E-state index is 0.446. The number of H-pyrrole nitrogens is 1. The van der Waals surface area contributed by atoms with Gasteiger partial charge >= 0.3 is 0 Å². The maximum Gasteiger partial charge on any atom is 0.203 e. The van der Waals surface area contributed by atoms with Crippen molar-refractivity contribution < 1.29 is 0 Å². The zero-order valence-corrected chi connectivity index (χ0v) is 17.2. The number of piperazine rings is 1. The highest BCUT2D eigenvalue weighted by atomic mass is 15.3. The van der Waals surface area contributed by atoms with Crippen LogP contribution in [0, 0.1) is 0 Å². The molecular weight excluding hydrogens is 390 g/mol. The number of fused-ring (bicyclic) bond motifs is 3. The van der Waals surface area contributed by atoms with E-state index >= 15 is 0 Å². The van der Waals surface area contributed by atoms with Gasteiger partial charge in [-0.2, -0.15) is 15.4 Å². The number of pyridine rings is 1. The summed E-state index contributed by atoms with van der Waals surface area (Å²) >= 11 is 0. The van der Waals surface area contributed by atoms with Gasteiger partial charge < -0.3 is 16.0 Å². The van der Waals surface area contributed by atoms with Crippen LogP contribution in [0.2, 0.25) is 0 Å². The number of rotatable bonds is 5. The molecule has 2 atom stereocenters. The summed E-state index contributed by atoms with van der Waals surface area (Å²) in [7, 11) is 0. The van der Waals surface area contributed by atoms with Crippen molar-refractivity contribution in [2.75, 3.05) is 23.7 Å². The van der Waals surface area contributed by atoms with Crippen LogP contribution in [0.15, 0.2) is 42.7 Å². The molecule has 9 heteroatoms. The highest BCUT2D eigenvalue weighted by Crippen LogP contribution is 2.26. The van der Waals surface area contributed by atoms with Crippen molar-refractivity contribution in [1.29, 1.82) is 0 Å². The fraction of sp³-hybridized carbons (Fsp3) is 0.364. The fourth-order valence-corrected chi connectivity index (χ4v) is 4.91. The SMILES string of the molecule is Nc1cc(Cc2cnn(Cc3cccc(N4CC5CCC(C4)N5)c3)c2)c2n[nH]nc2n1. The van der Waals surface area contributed by atoms with Crippen LogP contribution in [-0.4, -0.2) is 55.3 Å². The lowest BCUT2D eigenvalue weighted by molar-refractivity contribution is 0.466. The predicted molar refractivity (Wildman–Crippen MR) is 119 cm³/mol. The summed E-state index contributed by atoms with van der Waals surface area (Å²) in [5, 5.41) is 19.2. The first-order valence-electron chi connectivity index (χ1n) is 10.8. The van der Waals surface area contributed by atoms with Crippen LogP contribution >= 0.6 is 0 Å². The van der Waals surface area contributed by atoms with Crippen LogP contribution in [0.1, 0.15) is 29.5 Å². The molecule has 2 fully saturated rings. The van der Waals surface area contributed by atoms with Crippen molar-refractivity contribution in [3.8, 4) is 0 Å². The Morgan fingerprint density at radius 3 is 2.81 bits per heavy atom. The summed E-state index contributed by atoms with van der Waals surface area (Å²) < 4.78 is 1.99. The van der Waals surface area contributed by atoms with E-state index in [1.165, 1.54) is 24.1 Å². The van der Waals surface area contributed by atoms with Crippen LogP contribution in [0.4, 0.5) is 11.5 Å². The first-order chi connectivity index (χ1) is 15.2. The van der Waals surface area contributed by atoms with E-state index < -0.39 is 0 Å². The Bertz CT molecular complexity index is 1210. The molecule has 31 heavy (non-hydrogen) atoms. The molecule has 5 heterocycles. The molecule has 1 aromatic carbocycles. The van der Waals surface area contributed by atoms with Gasteiger partial charge in [-0.05, 0) is 47.7 Å². The number of nitrogens with one attached hydrogen (secondary N) is 2. The Kier molecular flexibility index (Phi) is 4.34. The van der Waals surface area contributed by atoms with Crippen molar-refractivity contribution in [1.82, 2.24) is 35.5 Å². The molecule has 4 aromatic rings. The number of nitrogens with two attached hydrogens (primary N) is 1. The Labute approximate surface area is 179 Å². The number of nitrogen functional groups attached to an aromatic ring is 1. The normalized spacial score (nSPS) is 20.6. The van der Waals surface area contributed by atoms with Gasteiger partial charge in [0.25, 0.3) is 0 Å². The molecule has 0 spiro atoms. The lowest BCUT2D eigenvalue weighted by atomic mass is 10.1. The van der Waals surface area contributed by atoms with Gasteiger partial charge in [-0.15, -0.1) is 5.10 Å². The van der Waals surface area contributed by atoms with Crippen LogP contribution in [0.25, 0.3) is 11.2 Å². The second-order valence-corrected chi connectivity index (χ2v) is 8.64. The van der Waals surface area contributed by atoms with E-state index in [1.807, 2.05) is 16.9 Å². The van der Waals surface area contributed by atoms with Crippen LogP contribution in [-0.2, 0) is 13.0 Å². The highest BCUT2D eigenvalue weighted by molar-refractivity contribution is 5.76. The second-order valence-electron chi connectivity index (χ2n) is 8.64. The zero-order chi connectivity index (χ0) is 20.8. The van der Waals surface area contributed by atoms with E-state index in [2.05, 4.69) is 66.2 Å². The van der Waals surface area contributed by atoms with Gasteiger partial charge in [-0.1, -0.05) is 12.1 Å². The molecule has 2 unspecified atom stereocenters. The maximum atomic E-state index is 5.92. The minimum atomic E-state index is 0.446. The third-order valence-electron chi connectivity index (χ3n) is 6.31.